The number of hydrogen-bond acceptors (Lipinski definition) is 6. The van der Waals surface area contributed by atoms with Gasteiger partial charge in [0, 0.05) is 11.7 Å². The summed E-state index contributed by atoms with van der Waals surface area (Å²) in [5, 5.41) is 9.07. The van der Waals surface area contributed by atoms with Crippen molar-refractivity contribution in [2.45, 2.75) is 65.0 Å². The van der Waals surface area contributed by atoms with Gasteiger partial charge in [-0.25, -0.2) is 0 Å². The molecule has 0 aromatic heterocycles. The molecule has 0 aliphatic heterocycles. The van der Waals surface area contributed by atoms with E-state index in [9.17, 15) is 4.79 Å². The lowest BCUT2D eigenvalue weighted by atomic mass is 9.75. The Morgan fingerprint density at radius 1 is 1.35 bits per heavy atom. The molecule has 1 aliphatic rings. The van der Waals surface area contributed by atoms with Crippen LogP contribution in [-0.2, 0) is 14.5 Å². The van der Waals surface area contributed by atoms with Crippen molar-refractivity contribution in [3.8, 4) is 0 Å². The molecule has 0 radical (unpaired) electrons. The van der Waals surface area contributed by atoms with Gasteiger partial charge in [0.15, 0.2) is 0 Å². The number of ketones is 1. The van der Waals surface area contributed by atoms with E-state index in [1.807, 2.05) is 18.7 Å². The molecule has 0 bridgehead atoms. The molecular weight excluding hydrogens is 348 g/mol. The first-order chi connectivity index (χ1) is 12.6. The van der Waals surface area contributed by atoms with E-state index in [1.54, 1.807) is 6.08 Å². The maximum absolute atomic E-state index is 13.0. The second kappa shape index (κ2) is 13.0. The predicted molar refractivity (Wildman–Crippen MR) is 111 cm³/mol. The van der Waals surface area contributed by atoms with Gasteiger partial charge in [-0.15, -0.1) is 0 Å². The standard InChI is InChI=1S/C20H34N2O3S/c1-6-10-17(21-24-8-3)20-18(22-25-11-7-2)13-16(14-19(20)23)12-15(5)26-9-4/h7,15-16,20H,2,6,8-14H2,1,3-5H3/b21-17-,22-18-/t15-,16+,20-/m1/s1. The molecule has 0 unspecified atom stereocenters. The van der Waals surface area contributed by atoms with Crippen molar-refractivity contribution >= 4 is 29.0 Å². The number of carbonyl (C=O) groups excluding carboxylic acids is 1. The molecule has 3 atom stereocenters. The summed E-state index contributed by atoms with van der Waals surface area (Å²) >= 11 is 1.94. The molecule has 0 N–H and O–H groups in total. The SMILES string of the molecule is C=CCO/N=C1/C[C@H](C[C@@H](C)SCC)CC(=O)[C@@H]1/C(CCC)=N\OCC. The largest absolute Gasteiger partial charge is 0.396 e. The quantitative estimate of drug-likeness (QED) is 0.209. The lowest BCUT2D eigenvalue weighted by Gasteiger charge is -2.30. The van der Waals surface area contributed by atoms with E-state index in [4.69, 9.17) is 9.68 Å². The van der Waals surface area contributed by atoms with Crippen LogP contribution >= 0.6 is 11.8 Å². The minimum atomic E-state index is -0.406. The minimum Gasteiger partial charge on any atom is -0.396 e. The second-order valence-electron chi connectivity index (χ2n) is 6.59. The Labute approximate surface area is 162 Å². The maximum Gasteiger partial charge on any atom is 0.147 e. The van der Waals surface area contributed by atoms with Crippen LogP contribution in [0.1, 0.15) is 59.8 Å². The van der Waals surface area contributed by atoms with E-state index in [1.165, 1.54) is 0 Å². The average Bonchev–Trinajstić information content (AvgIpc) is 2.59. The number of hydrogen-bond donors (Lipinski definition) is 0. The van der Waals surface area contributed by atoms with Crippen molar-refractivity contribution in [3.63, 3.8) is 0 Å². The number of oxime groups is 2. The zero-order valence-corrected chi connectivity index (χ0v) is 17.5. The molecule has 26 heavy (non-hydrogen) atoms. The highest BCUT2D eigenvalue weighted by molar-refractivity contribution is 7.99. The van der Waals surface area contributed by atoms with Crippen molar-refractivity contribution in [1.82, 2.24) is 0 Å². The fourth-order valence-corrected chi connectivity index (χ4v) is 4.33. The number of Topliss-reactive ketones (excluding diaryl/α,β-unsaturated/α-hetero) is 1. The third-order valence-corrected chi connectivity index (χ3v) is 5.38. The molecule has 5 nitrogen and oxygen atoms in total. The van der Waals surface area contributed by atoms with Crippen molar-refractivity contribution in [1.29, 1.82) is 0 Å². The van der Waals surface area contributed by atoms with Crippen LogP contribution in [0.2, 0.25) is 0 Å². The predicted octanol–water partition coefficient (Wildman–Crippen LogP) is 4.86. The van der Waals surface area contributed by atoms with Gasteiger partial charge in [0.2, 0.25) is 0 Å². The second-order valence-corrected chi connectivity index (χ2v) is 8.31. The molecule has 0 saturated heterocycles. The molecule has 1 rings (SSSR count). The molecule has 1 saturated carbocycles. The summed E-state index contributed by atoms with van der Waals surface area (Å²) in [5.74, 6) is 1.18. The van der Waals surface area contributed by atoms with Crippen molar-refractivity contribution in [3.05, 3.63) is 12.7 Å². The summed E-state index contributed by atoms with van der Waals surface area (Å²) in [7, 11) is 0. The van der Waals surface area contributed by atoms with Crippen molar-refractivity contribution in [2.24, 2.45) is 22.1 Å². The Morgan fingerprint density at radius 3 is 2.73 bits per heavy atom. The van der Waals surface area contributed by atoms with Gasteiger partial charge in [-0.1, -0.05) is 50.2 Å². The Hall–Kier alpha value is -1.30. The van der Waals surface area contributed by atoms with Crippen LogP contribution < -0.4 is 0 Å². The van der Waals surface area contributed by atoms with Crippen LogP contribution in [0.4, 0.5) is 0 Å². The molecule has 0 aromatic carbocycles. The highest BCUT2D eigenvalue weighted by Gasteiger charge is 2.38. The minimum absolute atomic E-state index is 0.183. The van der Waals surface area contributed by atoms with Gasteiger partial charge in [0.05, 0.1) is 11.4 Å². The molecule has 0 amide bonds. The molecule has 0 heterocycles. The summed E-state index contributed by atoms with van der Waals surface area (Å²) < 4.78 is 0. The van der Waals surface area contributed by atoms with Crippen LogP contribution in [0.5, 0.6) is 0 Å². The summed E-state index contributed by atoms with van der Waals surface area (Å²) in [6, 6.07) is 0. The highest BCUT2D eigenvalue weighted by Crippen LogP contribution is 2.32. The highest BCUT2D eigenvalue weighted by atomic mass is 32.2. The number of carbonyl (C=O) groups is 1. The molecule has 1 fully saturated rings. The van der Waals surface area contributed by atoms with E-state index in [2.05, 4.69) is 37.7 Å². The molecular formula is C20H34N2O3S. The lowest BCUT2D eigenvalue weighted by molar-refractivity contribution is -0.121. The normalized spacial score (nSPS) is 23.8. The van der Waals surface area contributed by atoms with Crippen molar-refractivity contribution in [2.75, 3.05) is 19.0 Å². The van der Waals surface area contributed by atoms with Crippen molar-refractivity contribution < 1.29 is 14.5 Å². The van der Waals surface area contributed by atoms with Gasteiger partial charge in [0.25, 0.3) is 0 Å². The first-order valence-corrected chi connectivity index (χ1v) is 10.7. The Kier molecular flexibility index (Phi) is 11.3. The van der Waals surface area contributed by atoms with Gasteiger partial charge in [-0.05, 0) is 37.9 Å². The van der Waals surface area contributed by atoms with Crippen LogP contribution in [0, 0.1) is 11.8 Å². The zero-order valence-electron chi connectivity index (χ0n) is 16.7. The Bertz CT molecular complexity index is 505. The number of nitrogens with zero attached hydrogens (tertiary/aromatic N) is 2. The fraction of sp³-hybridized carbons (Fsp3) is 0.750. The summed E-state index contributed by atoms with van der Waals surface area (Å²) in [4.78, 5) is 23.6. The Morgan fingerprint density at radius 2 is 2.12 bits per heavy atom. The van der Waals surface area contributed by atoms with Crippen LogP contribution in [0.3, 0.4) is 0 Å². The van der Waals surface area contributed by atoms with E-state index in [-0.39, 0.29) is 5.78 Å². The third-order valence-electron chi connectivity index (χ3n) is 4.28. The first-order valence-electron chi connectivity index (χ1n) is 9.69. The van der Waals surface area contributed by atoms with Crippen LogP contribution in [0.25, 0.3) is 0 Å². The average molecular weight is 383 g/mol. The smallest absolute Gasteiger partial charge is 0.147 e. The van der Waals surface area contributed by atoms with E-state index >= 15 is 0 Å². The van der Waals surface area contributed by atoms with E-state index in [0.717, 1.165) is 42.9 Å². The molecule has 6 heteroatoms. The summed E-state index contributed by atoms with van der Waals surface area (Å²) in [6.45, 7) is 12.8. The maximum atomic E-state index is 13.0. The molecule has 0 aromatic rings. The topological polar surface area (TPSA) is 60.2 Å². The zero-order chi connectivity index (χ0) is 19.4. The van der Waals surface area contributed by atoms with E-state index < -0.39 is 5.92 Å². The molecule has 1 aliphatic carbocycles. The van der Waals surface area contributed by atoms with Gasteiger partial charge in [-0.3, -0.25) is 4.79 Å². The monoisotopic (exact) mass is 382 g/mol. The molecule has 0 spiro atoms. The van der Waals surface area contributed by atoms with Gasteiger partial charge >= 0.3 is 0 Å². The van der Waals surface area contributed by atoms with Gasteiger partial charge in [-0.2, -0.15) is 11.8 Å². The molecule has 148 valence electrons. The van der Waals surface area contributed by atoms with Crippen LogP contribution in [0.15, 0.2) is 23.0 Å². The fourth-order valence-electron chi connectivity index (χ4n) is 3.35. The first kappa shape index (κ1) is 22.7. The van der Waals surface area contributed by atoms with Crippen LogP contribution in [-0.4, -0.2) is 41.4 Å². The number of rotatable bonds is 12. The van der Waals surface area contributed by atoms with E-state index in [0.29, 0.717) is 30.8 Å². The summed E-state index contributed by atoms with van der Waals surface area (Å²) in [5.41, 5.74) is 1.56. The lowest BCUT2D eigenvalue weighted by Crippen LogP contribution is -2.39. The summed E-state index contributed by atoms with van der Waals surface area (Å²) in [6.07, 6.45) is 5.66. The Balaban J connectivity index is 3.01. The number of thioether (sulfide) groups is 1. The third kappa shape index (κ3) is 7.52. The van der Waals surface area contributed by atoms with Gasteiger partial charge < -0.3 is 9.68 Å². The van der Waals surface area contributed by atoms with Gasteiger partial charge in [0.1, 0.15) is 24.9 Å².